The number of morpholine rings is 1. The topological polar surface area (TPSA) is 43.3 Å². The zero-order valence-electron chi connectivity index (χ0n) is 15.1. The standard InChI is InChI=1S/C17H33N5OS/c1-18-17(19-3-5-20-8-12-24-13-9-20)22-4-2-16(15-22)14-21-6-10-23-11-7-21/h16H,2-15H2,1H3,(H,18,19). The molecule has 1 unspecified atom stereocenters. The molecule has 0 aromatic heterocycles. The van der Waals surface area contributed by atoms with Crippen molar-refractivity contribution in [2.24, 2.45) is 10.9 Å². The molecule has 3 rings (SSSR count). The van der Waals surface area contributed by atoms with E-state index in [0.717, 1.165) is 64.4 Å². The van der Waals surface area contributed by atoms with Crippen molar-refractivity contribution < 1.29 is 4.74 Å². The monoisotopic (exact) mass is 355 g/mol. The molecule has 7 heteroatoms. The van der Waals surface area contributed by atoms with Crippen molar-refractivity contribution >= 4 is 17.7 Å². The lowest BCUT2D eigenvalue weighted by Crippen LogP contribution is -2.45. The molecule has 6 nitrogen and oxygen atoms in total. The first kappa shape index (κ1) is 18.3. The van der Waals surface area contributed by atoms with Gasteiger partial charge in [-0.25, -0.2) is 0 Å². The van der Waals surface area contributed by atoms with Crippen molar-refractivity contribution in [2.75, 3.05) is 90.7 Å². The van der Waals surface area contributed by atoms with Gasteiger partial charge in [-0.3, -0.25) is 14.8 Å². The molecule has 3 heterocycles. The van der Waals surface area contributed by atoms with Gasteiger partial charge in [0.15, 0.2) is 5.96 Å². The van der Waals surface area contributed by atoms with E-state index in [2.05, 4.69) is 36.8 Å². The third-order valence-electron chi connectivity index (χ3n) is 5.23. The van der Waals surface area contributed by atoms with E-state index in [1.807, 2.05) is 7.05 Å². The smallest absolute Gasteiger partial charge is 0.193 e. The molecule has 3 fully saturated rings. The van der Waals surface area contributed by atoms with Crippen molar-refractivity contribution in [1.82, 2.24) is 20.0 Å². The van der Waals surface area contributed by atoms with Gasteiger partial charge < -0.3 is 15.0 Å². The normalized spacial score (nSPS) is 27.6. The molecule has 24 heavy (non-hydrogen) atoms. The van der Waals surface area contributed by atoms with Gasteiger partial charge >= 0.3 is 0 Å². The molecule has 3 saturated heterocycles. The van der Waals surface area contributed by atoms with Gasteiger partial charge in [0.1, 0.15) is 0 Å². The van der Waals surface area contributed by atoms with Crippen molar-refractivity contribution in [3.63, 3.8) is 0 Å². The quantitative estimate of drug-likeness (QED) is 0.564. The van der Waals surface area contributed by atoms with Crippen molar-refractivity contribution in [3.8, 4) is 0 Å². The third kappa shape index (κ3) is 5.51. The summed E-state index contributed by atoms with van der Waals surface area (Å²) in [5.41, 5.74) is 0. The number of hydrogen-bond donors (Lipinski definition) is 1. The van der Waals surface area contributed by atoms with Crippen LogP contribution in [0.5, 0.6) is 0 Å². The highest BCUT2D eigenvalue weighted by atomic mass is 32.2. The van der Waals surface area contributed by atoms with E-state index in [9.17, 15) is 0 Å². The molecule has 3 aliphatic heterocycles. The first-order valence-corrected chi connectivity index (χ1v) is 10.6. The Morgan fingerprint density at radius 2 is 1.92 bits per heavy atom. The lowest BCUT2D eigenvalue weighted by atomic mass is 10.1. The summed E-state index contributed by atoms with van der Waals surface area (Å²) < 4.78 is 5.45. The van der Waals surface area contributed by atoms with E-state index in [-0.39, 0.29) is 0 Å². The number of thioether (sulfide) groups is 1. The summed E-state index contributed by atoms with van der Waals surface area (Å²) in [7, 11) is 1.91. The highest BCUT2D eigenvalue weighted by Gasteiger charge is 2.27. The van der Waals surface area contributed by atoms with Gasteiger partial charge in [-0.1, -0.05) is 0 Å². The van der Waals surface area contributed by atoms with E-state index in [4.69, 9.17) is 4.74 Å². The number of rotatable bonds is 5. The Morgan fingerprint density at radius 3 is 2.67 bits per heavy atom. The van der Waals surface area contributed by atoms with Gasteiger partial charge in [0, 0.05) is 77.5 Å². The fraction of sp³-hybridized carbons (Fsp3) is 0.941. The first-order chi connectivity index (χ1) is 11.8. The summed E-state index contributed by atoms with van der Waals surface area (Å²) >= 11 is 2.07. The Kier molecular flexibility index (Phi) is 7.51. The van der Waals surface area contributed by atoms with Crippen LogP contribution in [0, 0.1) is 5.92 Å². The molecule has 0 spiro atoms. The maximum atomic E-state index is 5.45. The van der Waals surface area contributed by atoms with E-state index >= 15 is 0 Å². The van der Waals surface area contributed by atoms with Crippen LogP contribution in [-0.4, -0.2) is 111 Å². The van der Waals surface area contributed by atoms with E-state index in [1.165, 1.54) is 37.6 Å². The minimum atomic E-state index is 0.765. The van der Waals surface area contributed by atoms with Crippen molar-refractivity contribution in [3.05, 3.63) is 0 Å². The Bertz CT molecular complexity index is 396. The Hall–Kier alpha value is -0.500. The van der Waals surface area contributed by atoms with Crippen molar-refractivity contribution in [2.45, 2.75) is 6.42 Å². The second-order valence-electron chi connectivity index (χ2n) is 6.94. The fourth-order valence-electron chi connectivity index (χ4n) is 3.81. The SMILES string of the molecule is CN=C(NCCN1CCSCC1)N1CCC(CN2CCOCC2)C1. The van der Waals surface area contributed by atoms with Crippen molar-refractivity contribution in [1.29, 1.82) is 0 Å². The maximum absolute atomic E-state index is 5.45. The molecule has 0 aliphatic carbocycles. The number of aliphatic imine (C=N–C) groups is 1. The van der Waals surface area contributed by atoms with Gasteiger partial charge in [-0.05, 0) is 12.3 Å². The minimum Gasteiger partial charge on any atom is -0.379 e. The van der Waals surface area contributed by atoms with E-state index < -0.39 is 0 Å². The van der Waals surface area contributed by atoms with Crippen LogP contribution < -0.4 is 5.32 Å². The Balaban J connectivity index is 1.36. The number of likely N-dealkylation sites (tertiary alicyclic amines) is 1. The molecule has 0 aromatic carbocycles. The molecule has 0 aromatic rings. The van der Waals surface area contributed by atoms with Crippen LogP contribution in [-0.2, 0) is 4.74 Å². The van der Waals surface area contributed by atoms with E-state index in [0.29, 0.717) is 0 Å². The molecule has 1 atom stereocenters. The number of nitrogens with zero attached hydrogens (tertiary/aromatic N) is 4. The molecule has 3 aliphatic rings. The molecule has 0 bridgehead atoms. The maximum Gasteiger partial charge on any atom is 0.193 e. The summed E-state index contributed by atoms with van der Waals surface area (Å²) in [6, 6.07) is 0. The summed E-state index contributed by atoms with van der Waals surface area (Å²) in [5.74, 6) is 4.42. The highest BCUT2D eigenvalue weighted by molar-refractivity contribution is 7.99. The molecular formula is C17H33N5OS. The van der Waals surface area contributed by atoms with Gasteiger partial charge in [0.05, 0.1) is 13.2 Å². The largest absolute Gasteiger partial charge is 0.379 e. The Morgan fingerprint density at radius 1 is 1.12 bits per heavy atom. The number of hydrogen-bond acceptors (Lipinski definition) is 5. The highest BCUT2D eigenvalue weighted by Crippen LogP contribution is 2.18. The van der Waals surface area contributed by atoms with Gasteiger partial charge in [-0.15, -0.1) is 0 Å². The van der Waals surface area contributed by atoms with Crippen LogP contribution in [0.15, 0.2) is 4.99 Å². The van der Waals surface area contributed by atoms with Crippen LogP contribution in [0.3, 0.4) is 0 Å². The zero-order chi connectivity index (χ0) is 16.6. The van der Waals surface area contributed by atoms with Gasteiger partial charge in [0.25, 0.3) is 0 Å². The first-order valence-electron chi connectivity index (χ1n) is 9.41. The molecular weight excluding hydrogens is 322 g/mol. The van der Waals surface area contributed by atoms with E-state index in [1.54, 1.807) is 0 Å². The lowest BCUT2D eigenvalue weighted by molar-refractivity contribution is 0.0315. The molecule has 138 valence electrons. The summed E-state index contributed by atoms with van der Waals surface area (Å²) in [5, 5.41) is 3.58. The predicted molar refractivity (Wildman–Crippen MR) is 102 cm³/mol. The number of ether oxygens (including phenoxy) is 1. The summed E-state index contributed by atoms with van der Waals surface area (Å²) in [4.78, 5) is 12.1. The Labute approximate surface area is 151 Å². The van der Waals surface area contributed by atoms with Gasteiger partial charge in [0.2, 0.25) is 0 Å². The zero-order valence-corrected chi connectivity index (χ0v) is 15.9. The minimum absolute atomic E-state index is 0.765. The third-order valence-corrected chi connectivity index (χ3v) is 6.17. The molecule has 0 radical (unpaired) electrons. The van der Waals surface area contributed by atoms with Crippen LogP contribution in [0.25, 0.3) is 0 Å². The number of nitrogens with one attached hydrogen (secondary N) is 1. The average molecular weight is 356 g/mol. The van der Waals surface area contributed by atoms with Crippen LogP contribution >= 0.6 is 11.8 Å². The fourth-order valence-corrected chi connectivity index (χ4v) is 4.78. The van der Waals surface area contributed by atoms with Gasteiger partial charge in [-0.2, -0.15) is 11.8 Å². The molecule has 1 N–H and O–H groups in total. The molecule has 0 amide bonds. The average Bonchev–Trinajstić information content (AvgIpc) is 3.09. The van der Waals surface area contributed by atoms with Crippen LogP contribution in [0.1, 0.15) is 6.42 Å². The van der Waals surface area contributed by atoms with Crippen LogP contribution in [0.2, 0.25) is 0 Å². The molecule has 0 saturated carbocycles. The number of guanidine groups is 1. The second kappa shape index (κ2) is 9.85. The second-order valence-corrected chi connectivity index (χ2v) is 8.17. The lowest BCUT2D eigenvalue weighted by Gasteiger charge is -2.29. The summed E-state index contributed by atoms with van der Waals surface area (Å²) in [6.45, 7) is 12.1. The summed E-state index contributed by atoms with van der Waals surface area (Å²) in [6.07, 6.45) is 1.28. The van der Waals surface area contributed by atoms with Crippen LogP contribution in [0.4, 0.5) is 0 Å². The predicted octanol–water partition coefficient (Wildman–Crippen LogP) is 0.265.